The maximum absolute atomic E-state index is 2.46. The number of hydrogen-bond acceptors (Lipinski definition) is 1. The second kappa shape index (κ2) is 3.92. The highest BCUT2D eigenvalue weighted by molar-refractivity contribution is 5.57. The molecule has 0 saturated heterocycles. The molecule has 0 radical (unpaired) electrons. The lowest BCUT2D eigenvalue weighted by atomic mass is 10.1. The zero-order valence-corrected chi connectivity index (χ0v) is 10.4. The van der Waals surface area contributed by atoms with Gasteiger partial charge in [0.05, 0.1) is 0 Å². The van der Waals surface area contributed by atoms with Crippen molar-refractivity contribution in [2.24, 2.45) is 0 Å². The maximum Gasteiger partial charge on any atom is 0.0436 e. The molecule has 1 aliphatic heterocycles. The Balaban J connectivity index is 1.94. The van der Waals surface area contributed by atoms with Crippen LogP contribution in [0.4, 0.5) is 5.69 Å². The Morgan fingerprint density at radius 2 is 1.53 bits per heavy atom. The molecule has 0 aromatic heterocycles. The van der Waals surface area contributed by atoms with Gasteiger partial charge < -0.3 is 4.90 Å². The normalized spacial score (nSPS) is 13.9. The molecule has 0 fully saturated rings. The number of nitrogens with zero attached hydrogens (tertiary/aromatic N) is 1. The highest BCUT2D eigenvalue weighted by Gasteiger charge is 2.19. The molecule has 0 spiro atoms. The van der Waals surface area contributed by atoms with Gasteiger partial charge in [0.25, 0.3) is 0 Å². The van der Waals surface area contributed by atoms with Crippen molar-refractivity contribution in [2.75, 3.05) is 4.90 Å². The van der Waals surface area contributed by atoms with Crippen molar-refractivity contribution in [1.82, 2.24) is 0 Å². The molecule has 0 amide bonds. The van der Waals surface area contributed by atoms with E-state index in [-0.39, 0.29) is 0 Å². The molecule has 17 heavy (non-hydrogen) atoms. The van der Waals surface area contributed by atoms with E-state index in [1.165, 1.54) is 27.9 Å². The summed E-state index contributed by atoms with van der Waals surface area (Å²) >= 11 is 0. The number of hydrogen-bond donors (Lipinski definition) is 0. The van der Waals surface area contributed by atoms with Crippen molar-refractivity contribution >= 4 is 5.69 Å². The van der Waals surface area contributed by atoms with Crippen LogP contribution in [0.25, 0.3) is 0 Å². The van der Waals surface area contributed by atoms with Crippen LogP contribution in [0.15, 0.2) is 42.5 Å². The molecule has 1 heterocycles. The standard InChI is InChI=1S/C16H17N/c1-12-7-8-16(13(2)9-12)17-10-14-5-3-4-6-15(14)11-17/h3-9H,10-11H2,1-2H3. The summed E-state index contributed by atoms with van der Waals surface area (Å²) in [7, 11) is 0. The first kappa shape index (κ1) is 10.4. The van der Waals surface area contributed by atoms with Crippen molar-refractivity contribution in [3.8, 4) is 0 Å². The quantitative estimate of drug-likeness (QED) is 0.710. The van der Waals surface area contributed by atoms with Crippen molar-refractivity contribution in [3.63, 3.8) is 0 Å². The van der Waals surface area contributed by atoms with Crippen molar-refractivity contribution in [1.29, 1.82) is 0 Å². The lowest BCUT2D eigenvalue weighted by molar-refractivity contribution is 0.875. The van der Waals surface area contributed by atoms with Gasteiger partial charge in [0.1, 0.15) is 0 Å². The van der Waals surface area contributed by atoms with Gasteiger partial charge >= 0.3 is 0 Å². The van der Waals surface area contributed by atoms with Crippen LogP contribution in [0.3, 0.4) is 0 Å². The highest BCUT2D eigenvalue weighted by Crippen LogP contribution is 2.30. The maximum atomic E-state index is 2.46. The summed E-state index contributed by atoms with van der Waals surface area (Å²) in [6, 6.07) is 15.4. The predicted molar refractivity (Wildman–Crippen MR) is 72.2 cm³/mol. The third kappa shape index (κ3) is 1.82. The van der Waals surface area contributed by atoms with Gasteiger partial charge in [-0.1, -0.05) is 42.0 Å². The second-order valence-corrected chi connectivity index (χ2v) is 4.91. The monoisotopic (exact) mass is 223 g/mol. The summed E-state index contributed by atoms with van der Waals surface area (Å²) in [6.07, 6.45) is 0. The second-order valence-electron chi connectivity index (χ2n) is 4.91. The Labute approximate surface area is 103 Å². The van der Waals surface area contributed by atoms with Gasteiger partial charge in [0.15, 0.2) is 0 Å². The molecule has 0 bridgehead atoms. The molecule has 2 aromatic rings. The molecule has 1 heteroatoms. The number of fused-ring (bicyclic) bond motifs is 1. The molecule has 0 N–H and O–H groups in total. The summed E-state index contributed by atoms with van der Waals surface area (Å²) in [4.78, 5) is 2.46. The zero-order chi connectivity index (χ0) is 11.8. The first-order valence-electron chi connectivity index (χ1n) is 6.13. The SMILES string of the molecule is Cc1ccc(N2Cc3ccccc3C2)c(C)c1. The van der Waals surface area contributed by atoms with Crippen LogP contribution >= 0.6 is 0 Å². The van der Waals surface area contributed by atoms with Crippen LogP contribution in [0, 0.1) is 13.8 Å². The fraction of sp³-hybridized carbons (Fsp3) is 0.250. The van der Waals surface area contributed by atoms with Crippen LogP contribution in [-0.4, -0.2) is 0 Å². The molecule has 0 unspecified atom stereocenters. The van der Waals surface area contributed by atoms with E-state index in [0.717, 1.165) is 13.1 Å². The lowest BCUT2D eigenvalue weighted by Crippen LogP contribution is -2.15. The Morgan fingerprint density at radius 1 is 0.882 bits per heavy atom. The van der Waals surface area contributed by atoms with Gasteiger partial charge in [-0.15, -0.1) is 0 Å². The fourth-order valence-electron chi connectivity index (χ4n) is 2.66. The van der Waals surface area contributed by atoms with Gasteiger partial charge in [-0.25, -0.2) is 0 Å². The van der Waals surface area contributed by atoms with Gasteiger partial charge in [0, 0.05) is 18.8 Å². The Bertz CT molecular complexity index is 532. The third-order valence-corrected chi connectivity index (χ3v) is 3.53. The molecule has 1 nitrogen and oxygen atoms in total. The van der Waals surface area contributed by atoms with E-state index in [4.69, 9.17) is 0 Å². The summed E-state index contributed by atoms with van der Waals surface area (Å²) < 4.78 is 0. The first-order chi connectivity index (χ1) is 8.24. The van der Waals surface area contributed by atoms with Gasteiger partial charge in [-0.05, 0) is 36.6 Å². The highest BCUT2D eigenvalue weighted by atomic mass is 15.1. The molecule has 1 aliphatic rings. The molecule has 0 aliphatic carbocycles. The minimum Gasteiger partial charge on any atom is -0.363 e. The Hall–Kier alpha value is -1.76. The topological polar surface area (TPSA) is 3.24 Å². The van der Waals surface area contributed by atoms with Crippen molar-refractivity contribution < 1.29 is 0 Å². The predicted octanol–water partition coefficient (Wildman–Crippen LogP) is 3.82. The van der Waals surface area contributed by atoms with Crippen LogP contribution < -0.4 is 4.90 Å². The Morgan fingerprint density at radius 3 is 2.12 bits per heavy atom. The zero-order valence-electron chi connectivity index (χ0n) is 10.4. The van der Waals surface area contributed by atoms with E-state index in [0.29, 0.717) is 0 Å². The van der Waals surface area contributed by atoms with E-state index >= 15 is 0 Å². The average Bonchev–Trinajstić information content (AvgIpc) is 2.72. The average molecular weight is 223 g/mol. The van der Waals surface area contributed by atoms with Gasteiger partial charge in [0.2, 0.25) is 0 Å². The summed E-state index contributed by atoms with van der Waals surface area (Å²) in [5, 5.41) is 0. The van der Waals surface area contributed by atoms with Gasteiger partial charge in [-0.3, -0.25) is 0 Å². The summed E-state index contributed by atoms with van der Waals surface area (Å²) in [5.74, 6) is 0. The molecule has 3 rings (SSSR count). The van der Waals surface area contributed by atoms with E-state index in [9.17, 15) is 0 Å². The van der Waals surface area contributed by atoms with Crippen LogP contribution in [0.5, 0.6) is 0 Å². The van der Waals surface area contributed by atoms with E-state index in [2.05, 4.69) is 61.2 Å². The number of benzene rings is 2. The minimum atomic E-state index is 1.04. The summed E-state index contributed by atoms with van der Waals surface area (Å²) in [5.41, 5.74) is 7.01. The molecule has 0 atom stereocenters. The Kier molecular flexibility index (Phi) is 2.40. The number of rotatable bonds is 1. The minimum absolute atomic E-state index is 1.04. The third-order valence-electron chi connectivity index (χ3n) is 3.53. The fourth-order valence-corrected chi connectivity index (χ4v) is 2.66. The molecular formula is C16H17N. The van der Waals surface area contributed by atoms with Crippen molar-refractivity contribution in [2.45, 2.75) is 26.9 Å². The smallest absolute Gasteiger partial charge is 0.0436 e. The van der Waals surface area contributed by atoms with Gasteiger partial charge in [-0.2, -0.15) is 0 Å². The first-order valence-corrected chi connectivity index (χ1v) is 6.13. The van der Waals surface area contributed by atoms with E-state index in [1.807, 2.05) is 0 Å². The number of aryl methyl sites for hydroxylation is 2. The molecule has 86 valence electrons. The van der Waals surface area contributed by atoms with Crippen molar-refractivity contribution in [3.05, 3.63) is 64.7 Å². The molecular weight excluding hydrogens is 206 g/mol. The van der Waals surface area contributed by atoms with Crippen LogP contribution in [-0.2, 0) is 13.1 Å². The largest absolute Gasteiger partial charge is 0.363 e. The van der Waals surface area contributed by atoms with E-state index in [1.54, 1.807) is 0 Å². The lowest BCUT2D eigenvalue weighted by Gasteiger charge is -2.20. The van der Waals surface area contributed by atoms with E-state index < -0.39 is 0 Å². The summed E-state index contributed by atoms with van der Waals surface area (Å²) in [6.45, 7) is 6.43. The molecule has 0 saturated carbocycles. The van der Waals surface area contributed by atoms with Crippen LogP contribution in [0.1, 0.15) is 22.3 Å². The number of anilines is 1. The van der Waals surface area contributed by atoms with Crippen LogP contribution in [0.2, 0.25) is 0 Å². The molecule has 2 aromatic carbocycles.